The van der Waals surface area contributed by atoms with Gasteiger partial charge in [0.05, 0.1) is 12.2 Å². The lowest BCUT2D eigenvalue weighted by Gasteiger charge is -2.07. The molecule has 0 fully saturated rings. The molecule has 0 saturated heterocycles. The molecule has 3 aromatic rings. The summed E-state index contributed by atoms with van der Waals surface area (Å²) in [6.45, 7) is 5.81. The molecule has 2 N–H and O–H groups in total. The summed E-state index contributed by atoms with van der Waals surface area (Å²) in [5, 5.41) is 5.92. The third kappa shape index (κ3) is 4.60. The van der Waals surface area contributed by atoms with E-state index in [1.165, 1.54) is 11.3 Å². The molecule has 0 aliphatic carbocycles. The quantitative estimate of drug-likeness (QED) is 0.701. The highest BCUT2D eigenvalue weighted by Gasteiger charge is 2.13. The van der Waals surface area contributed by atoms with Gasteiger partial charge in [-0.1, -0.05) is 36.4 Å². The van der Waals surface area contributed by atoms with Gasteiger partial charge in [-0.05, 0) is 44.0 Å². The first-order chi connectivity index (χ1) is 12.9. The van der Waals surface area contributed by atoms with Gasteiger partial charge in [0.1, 0.15) is 0 Å². The third-order valence-corrected chi connectivity index (χ3v) is 5.16. The highest BCUT2D eigenvalue weighted by atomic mass is 32.1. The van der Waals surface area contributed by atoms with Crippen molar-refractivity contribution in [3.63, 3.8) is 0 Å². The predicted molar refractivity (Wildman–Crippen MR) is 109 cm³/mol. The first-order valence-electron chi connectivity index (χ1n) is 8.62. The van der Waals surface area contributed by atoms with Gasteiger partial charge in [0.2, 0.25) is 5.91 Å². The molecule has 0 atom stereocenters. The van der Waals surface area contributed by atoms with E-state index in [9.17, 15) is 9.59 Å². The number of hydrogen-bond acceptors (Lipinski definition) is 4. The van der Waals surface area contributed by atoms with E-state index < -0.39 is 0 Å². The number of amides is 2. The molecule has 0 radical (unpaired) electrons. The Morgan fingerprint density at radius 1 is 1.00 bits per heavy atom. The summed E-state index contributed by atoms with van der Waals surface area (Å²) in [5.74, 6) is -0.575. The average Bonchev–Trinajstić information content (AvgIpc) is 3.02. The molecule has 0 spiro atoms. The highest BCUT2D eigenvalue weighted by molar-refractivity contribution is 7.16. The molecule has 1 aromatic heterocycles. The maximum atomic E-state index is 12.2. The van der Waals surface area contributed by atoms with Crippen molar-refractivity contribution in [2.75, 3.05) is 11.9 Å². The summed E-state index contributed by atoms with van der Waals surface area (Å²) in [4.78, 5) is 29.9. The number of carbonyl (C=O) groups is 2. The fourth-order valence-electron chi connectivity index (χ4n) is 2.62. The number of nitrogens with zero attached hydrogens (tertiary/aromatic N) is 1. The van der Waals surface area contributed by atoms with Gasteiger partial charge >= 0.3 is 0 Å². The average molecular weight is 379 g/mol. The molecule has 0 unspecified atom stereocenters. The van der Waals surface area contributed by atoms with Gasteiger partial charge in [0.15, 0.2) is 5.13 Å². The van der Waals surface area contributed by atoms with Crippen molar-refractivity contribution in [3.8, 4) is 11.3 Å². The number of anilines is 1. The Labute approximate surface area is 162 Å². The van der Waals surface area contributed by atoms with Gasteiger partial charge in [-0.25, -0.2) is 4.98 Å². The van der Waals surface area contributed by atoms with Crippen molar-refractivity contribution in [1.29, 1.82) is 0 Å². The second-order valence-electron chi connectivity index (χ2n) is 6.32. The van der Waals surface area contributed by atoms with Crippen LogP contribution in [0.5, 0.6) is 0 Å². The molecule has 0 saturated carbocycles. The van der Waals surface area contributed by atoms with E-state index in [1.54, 1.807) is 6.07 Å². The van der Waals surface area contributed by atoms with Crippen LogP contribution >= 0.6 is 11.3 Å². The molecule has 2 amide bonds. The molecule has 0 bridgehead atoms. The zero-order valence-corrected chi connectivity index (χ0v) is 16.3. The van der Waals surface area contributed by atoms with Crippen molar-refractivity contribution in [2.45, 2.75) is 20.8 Å². The SMILES string of the molecule is Cc1ccc(C(=O)NCC(=O)Nc2nc(-c3ccccc3)c(C)s2)cc1C. The van der Waals surface area contributed by atoms with Crippen molar-refractivity contribution in [3.05, 3.63) is 70.1 Å². The predicted octanol–water partition coefficient (Wildman–Crippen LogP) is 4.10. The van der Waals surface area contributed by atoms with E-state index in [4.69, 9.17) is 0 Å². The summed E-state index contributed by atoms with van der Waals surface area (Å²) in [7, 11) is 0. The third-order valence-electron chi connectivity index (χ3n) is 4.27. The zero-order valence-electron chi connectivity index (χ0n) is 15.5. The van der Waals surface area contributed by atoms with Crippen LogP contribution in [0.4, 0.5) is 5.13 Å². The standard InChI is InChI=1S/C21H21N3O2S/c1-13-9-10-17(11-14(13)2)20(26)22-12-18(25)23-21-24-19(15(3)27-21)16-7-5-4-6-8-16/h4-11H,12H2,1-3H3,(H,22,26)(H,23,24,25). The molecule has 0 aliphatic rings. The van der Waals surface area contributed by atoms with Crippen molar-refractivity contribution < 1.29 is 9.59 Å². The topological polar surface area (TPSA) is 71.1 Å². The number of nitrogens with one attached hydrogen (secondary N) is 2. The Balaban J connectivity index is 1.60. The number of carbonyl (C=O) groups excluding carboxylic acids is 2. The van der Waals surface area contributed by atoms with Gasteiger partial charge < -0.3 is 10.6 Å². The van der Waals surface area contributed by atoms with Gasteiger partial charge in [0.25, 0.3) is 5.91 Å². The largest absolute Gasteiger partial charge is 0.343 e. The zero-order chi connectivity index (χ0) is 19.4. The van der Waals surface area contributed by atoms with Crippen LogP contribution in [0.25, 0.3) is 11.3 Å². The highest BCUT2D eigenvalue weighted by Crippen LogP contribution is 2.30. The van der Waals surface area contributed by atoms with Gasteiger partial charge in [-0.15, -0.1) is 11.3 Å². The van der Waals surface area contributed by atoms with Crippen LogP contribution in [0.3, 0.4) is 0 Å². The second-order valence-corrected chi connectivity index (χ2v) is 7.52. The van der Waals surface area contributed by atoms with Crippen LogP contribution in [0, 0.1) is 20.8 Å². The number of hydrogen-bond donors (Lipinski definition) is 2. The molecule has 2 aromatic carbocycles. The van der Waals surface area contributed by atoms with Gasteiger partial charge in [-0.2, -0.15) is 0 Å². The summed E-state index contributed by atoms with van der Waals surface area (Å²) in [6.07, 6.45) is 0. The Bertz CT molecular complexity index is 980. The van der Waals surface area contributed by atoms with Gasteiger partial charge in [0, 0.05) is 16.0 Å². The van der Waals surface area contributed by atoms with Crippen LogP contribution in [0.1, 0.15) is 26.4 Å². The molecule has 1 heterocycles. The lowest BCUT2D eigenvalue weighted by molar-refractivity contribution is -0.115. The normalized spacial score (nSPS) is 10.5. The fourth-order valence-corrected chi connectivity index (χ4v) is 3.47. The Kier molecular flexibility index (Phi) is 5.66. The van der Waals surface area contributed by atoms with Gasteiger partial charge in [-0.3, -0.25) is 9.59 Å². The van der Waals surface area contributed by atoms with Crippen molar-refractivity contribution >= 4 is 28.3 Å². The van der Waals surface area contributed by atoms with E-state index in [1.807, 2.05) is 63.2 Å². The van der Waals surface area contributed by atoms with Crippen LogP contribution in [0.2, 0.25) is 0 Å². The van der Waals surface area contributed by atoms with Crippen molar-refractivity contribution in [2.24, 2.45) is 0 Å². The molecule has 5 nitrogen and oxygen atoms in total. The summed E-state index contributed by atoms with van der Waals surface area (Å²) < 4.78 is 0. The first kappa shape index (κ1) is 18.8. The summed E-state index contributed by atoms with van der Waals surface area (Å²) in [6, 6.07) is 15.3. The van der Waals surface area contributed by atoms with Crippen LogP contribution in [-0.2, 0) is 4.79 Å². The number of thiazole rings is 1. The molecule has 0 aliphatic heterocycles. The van der Waals surface area contributed by atoms with Crippen molar-refractivity contribution in [1.82, 2.24) is 10.3 Å². The second kappa shape index (κ2) is 8.14. The number of benzene rings is 2. The van der Waals surface area contributed by atoms with E-state index in [0.717, 1.165) is 27.3 Å². The van der Waals surface area contributed by atoms with E-state index in [-0.39, 0.29) is 18.4 Å². The smallest absolute Gasteiger partial charge is 0.251 e. The number of aromatic nitrogens is 1. The minimum atomic E-state index is -0.305. The lowest BCUT2D eigenvalue weighted by atomic mass is 10.1. The molecule has 27 heavy (non-hydrogen) atoms. The molecule has 3 rings (SSSR count). The Morgan fingerprint density at radius 2 is 1.74 bits per heavy atom. The Morgan fingerprint density at radius 3 is 2.44 bits per heavy atom. The molecular formula is C21H21N3O2S. The van der Waals surface area contributed by atoms with E-state index >= 15 is 0 Å². The summed E-state index contributed by atoms with van der Waals surface area (Å²) >= 11 is 1.42. The van der Waals surface area contributed by atoms with E-state index in [0.29, 0.717) is 10.7 Å². The molecular weight excluding hydrogens is 358 g/mol. The fraction of sp³-hybridized carbons (Fsp3) is 0.190. The molecule has 6 heteroatoms. The lowest BCUT2D eigenvalue weighted by Crippen LogP contribution is -2.32. The first-order valence-corrected chi connectivity index (χ1v) is 9.44. The molecule has 138 valence electrons. The minimum absolute atomic E-state index is 0.106. The Hall–Kier alpha value is -2.99. The van der Waals surface area contributed by atoms with Crippen LogP contribution in [-0.4, -0.2) is 23.3 Å². The maximum Gasteiger partial charge on any atom is 0.251 e. The summed E-state index contributed by atoms with van der Waals surface area (Å²) in [5.41, 5.74) is 4.57. The van der Waals surface area contributed by atoms with Crippen LogP contribution in [0.15, 0.2) is 48.5 Å². The number of rotatable bonds is 5. The minimum Gasteiger partial charge on any atom is -0.343 e. The number of aryl methyl sites for hydroxylation is 3. The van der Waals surface area contributed by atoms with Crippen LogP contribution < -0.4 is 10.6 Å². The van der Waals surface area contributed by atoms with E-state index in [2.05, 4.69) is 15.6 Å². The maximum absolute atomic E-state index is 12.2. The monoisotopic (exact) mass is 379 g/mol.